The molecular formula is C17H28O12. The standard InChI is InChI=1S/C7H12O4.C6H10O4.C4H6O4/c8-6(9)4-2-1-3-5-7(10)11;7-5(8)3-1-2-4-6(9)10;5-3(6)1-2-4(7)8/h1-5H2,(H,8,9)(H,10,11);1-4H2,(H,7,8)(H,9,10);1-2H2,(H,5,6)(H,7,8). The van der Waals surface area contributed by atoms with Crippen LogP contribution >= 0.6 is 0 Å². The molecule has 0 amide bonds. The fourth-order valence-electron chi connectivity index (χ4n) is 1.50. The molecule has 0 aromatic rings. The molecule has 168 valence electrons. The van der Waals surface area contributed by atoms with Crippen LogP contribution in [0.4, 0.5) is 0 Å². The zero-order chi connectivity index (χ0) is 23.2. The third-order valence-corrected chi connectivity index (χ3v) is 2.87. The Hall–Kier alpha value is -3.18. The van der Waals surface area contributed by atoms with Crippen LogP contribution in [0.2, 0.25) is 0 Å². The van der Waals surface area contributed by atoms with Crippen molar-refractivity contribution in [2.75, 3.05) is 0 Å². The van der Waals surface area contributed by atoms with Gasteiger partial charge >= 0.3 is 35.8 Å². The normalized spacial score (nSPS) is 9.10. The van der Waals surface area contributed by atoms with Crippen molar-refractivity contribution in [2.45, 2.75) is 70.6 Å². The number of hydrogen-bond donors (Lipinski definition) is 6. The lowest BCUT2D eigenvalue weighted by molar-refractivity contribution is -0.143. The van der Waals surface area contributed by atoms with Crippen molar-refractivity contribution < 1.29 is 59.4 Å². The van der Waals surface area contributed by atoms with Crippen LogP contribution in [0.1, 0.15) is 70.6 Å². The third kappa shape index (κ3) is 45.7. The summed E-state index contributed by atoms with van der Waals surface area (Å²) in [6.07, 6.45) is 2.53. The van der Waals surface area contributed by atoms with E-state index in [9.17, 15) is 28.8 Å². The minimum atomic E-state index is -1.08. The van der Waals surface area contributed by atoms with Crippen LogP contribution < -0.4 is 0 Å². The lowest BCUT2D eigenvalue weighted by Crippen LogP contribution is -2.00. The van der Waals surface area contributed by atoms with Crippen LogP contribution in [0.15, 0.2) is 0 Å². The first kappa shape index (κ1) is 30.5. The molecule has 0 aliphatic rings. The molecule has 0 aromatic heterocycles. The average molecular weight is 424 g/mol. The van der Waals surface area contributed by atoms with Crippen LogP contribution in [0.3, 0.4) is 0 Å². The SMILES string of the molecule is O=C(O)CCC(=O)O.O=C(O)CCCCC(=O)O.O=C(O)CCCCCC(=O)O. The molecule has 0 fully saturated rings. The molecule has 0 radical (unpaired) electrons. The molecule has 0 bridgehead atoms. The minimum Gasteiger partial charge on any atom is -0.481 e. The van der Waals surface area contributed by atoms with Gasteiger partial charge in [0, 0.05) is 25.7 Å². The molecule has 0 atom stereocenters. The van der Waals surface area contributed by atoms with Crippen LogP contribution in [-0.2, 0) is 28.8 Å². The average Bonchev–Trinajstić information content (AvgIpc) is 2.57. The molecule has 0 unspecified atom stereocenters. The van der Waals surface area contributed by atoms with Crippen molar-refractivity contribution in [3.63, 3.8) is 0 Å². The van der Waals surface area contributed by atoms with E-state index >= 15 is 0 Å². The second kappa shape index (κ2) is 21.1. The molecule has 12 nitrogen and oxygen atoms in total. The second-order valence-electron chi connectivity index (χ2n) is 5.63. The fraction of sp³-hybridized carbons (Fsp3) is 0.647. The molecule has 0 saturated heterocycles. The van der Waals surface area contributed by atoms with Gasteiger partial charge in [0.05, 0.1) is 12.8 Å². The number of unbranched alkanes of at least 4 members (excludes halogenated alkanes) is 3. The van der Waals surface area contributed by atoms with Gasteiger partial charge in [-0.2, -0.15) is 0 Å². The quantitative estimate of drug-likeness (QED) is 0.219. The Bertz CT molecular complexity index is 481. The minimum absolute atomic E-state index is 0.0628. The van der Waals surface area contributed by atoms with Gasteiger partial charge in [0.15, 0.2) is 0 Å². The summed E-state index contributed by atoms with van der Waals surface area (Å²) < 4.78 is 0. The van der Waals surface area contributed by atoms with Crippen molar-refractivity contribution in [3.05, 3.63) is 0 Å². The van der Waals surface area contributed by atoms with E-state index in [1.807, 2.05) is 0 Å². The Morgan fingerprint density at radius 1 is 0.310 bits per heavy atom. The maximum Gasteiger partial charge on any atom is 0.303 e. The number of aliphatic carboxylic acids is 6. The second-order valence-corrected chi connectivity index (χ2v) is 5.63. The largest absolute Gasteiger partial charge is 0.481 e. The van der Waals surface area contributed by atoms with Crippen molar-refractivity contribution in [2.24, 2.45) is 0 Å². The smallest absolute Gasteiger partial charge is 0.303 e. The molecule has 0 saturated carbocycles. The van der Waals surface area contributed by atoms with Gasteiger partial charge < -0.3 is 30.6 Å². The zero-order valence-electron chi connectivity index (χ0n) is 15.9. The number of carboxylic acids is 6. The number of hydrogen-bond acceptors (Lipinski definition) is 6. The maximum absolute atomic E-state index is 9.98. The van der Waals surface area contributed by atoms with Gasteiger partial charge in [-0.05, 0) is 25.7 Å². The molecular weight excluding hydrogens is 396 g/mol. The Labute approximate surface area is 166 Å². The van der Waals surface area contributed by atoms with Gasteiger partial charge in [0.1, 0.15) is 0 Å². The summed E-state index contributed by atoms with van der Waals surface area (Å²) in [7, 11) is 0. The van der Waals surface area contributed by atoms with E-state index < -0.39 is 35.8 Å². The highest BCUT2D eigenvalue weighted by Gasteiger charge is 2.01. The highest BCUT2D eigenvalue weighted by Crippen LogP contribution is 2.02. The Morgan fingerprint density at radius 3 is 0.655 bits per heavy atom. The van der Waals surface area contributed by atoms with Crippen molar-refractivity contribution in [1.82, 2.24) is 0 Å². The Balaban J connectivity index is -0.000000354. The van der Waals surface area contributed by atoms with Crippen LogP contribution in [0.5, 0.6) is 0 Å². The summed E-state index contributed by atoms with van der Waals surface area (Å²) in [5.41, 5.74) is 0. The van der Waals surface area contributed by atoms with Crippen LogP contribution in [-0.4, -0.2) is 66.5 Å². The molecule has 0 heterocycles. The van der Waals surface area contributed by atoms with Crippen LogP contribution in [0.25, 0.3) is 0 Å². The summed E-state index contributed by atoms with van der Waals surface area (Å²) in [4.78, 5) is 59.0. The molecule has 29 heavy (non-hydrogen) atoms. The van der Waals surface area contributed by atoms with Gasteiger partial charge in [-0.3, -0.25) is 28.8 Å². The first-order valence-corrected chi connectivity index (χ1v) is 8.69. The van der Waals surface area contributed by atoms with E-state index in [0.29, 0.717) is 32.1 Å². The summed E-state index contributed by atoms with van der Waals surface area (Å²) in [5.74, 6) is -5.53. The molecule has 0 rings (SSSR count). The highest BCUT2D eigenvalue weighted by molar-refractivity contribution is 5.75. The van der Waals surface area contributed by atoms with Crippen molar-refractivity contribution in [3.8, 4) is 0 Å². The van der Waals surface area contributed by atoms with E-state index in [2.05, 4.69) is 0 Å². The molecule has 6 N–H and O–H groups in total. The molecule has 0 aliphatic carbocycles. The molecule has 0 aromatic carbocycles. The maximum atomic E-state index is 9.98. The van der Waals surface area contributed by atoms with Gasteiger partial charge in [-0.15, -0.1) is 0 Å². The summed E-state index contributed by atoms with van der Waals surface area (Å²) in [6.45, 7) is 0. The van der Waals surface area contributed by atoms with Gasteiger partial charge in [0.25, 0.3) is 0 Å². The highest BCUT2D eigenvalue weighted by atomic mass is 16.4. The van der Waals surface area contributed by atoms with Gasteiger partial charge in [-0.25, -0.2) is 0 Å². The summed E-state index contributed by atoms with van der Waals surface area (Å²) in [6, 6.07) is 0. The number of carboxylic acid groups (broad SMARTS) is 6. The van der Waals surface area contributed by atoms with E-state index in [1.165, 1.54) is 0 Å². The molecule has 12 heteroatoms. The predicted molar refractivity (Wildman–Crippen MR) is 96.6 cm³/mol. The van der Waals surface area contributed by atoms with Gasteiger partial charge in [-0.1, -0.05) is 6.42 Å². The number of carbonyl (C=O) groups is 6. The summed E-state index contributed by atoms with van der Waals surface area (Å²) in [5, 5.41) is 48.5. The molecule has 0 spiro atoms. The zero-order valence-corrected chi connectivity index (χ0v) is 15.9. The topological polar surface area (TPSA) is 224 Å². The molecule has 0 aliphatic heterocycles. The third-order valence-electron chi connectivity index (χ3n) is 2.87. The van der Waals surface area contributed by atoms with E-state index in [1.54, 1.807) is 0 Å². The monoisotopic (exact) mass is 424 g/mol. The predicted octanol–water partition coefficient (Wildman–Crippen LogP) is 1.76. The number of rotatable bonds is 14. The van der Waals surface area contributed by atoms with Crippen LogP contribution in [0, 0.1) is 0 Å². The summed E-state index contributed by atoms with van der Waals surface area (Å²) >= 11 is 0. The Kier molecular flexibility index (Phi) is 22.2. The van der Waals surface area contributed by atoms with E-state index in [4.69, 9.17) is 30.6 Å². The lowest BCUT2D eigenvalue weighted by Gasteiger charge is -1.94. The van der Waals surface area contributed by atoms with Gasteiger partial charge in [0.2, 0.25) is 0 Å². The van der Waals surface area contributed by atoms with E-state index in [-0.39, 0.29) is 38.5 Å². The first-order valence-electron chi connectivity index (χ1n) is 8.69. The van der Waals surface area contributed by atoms with Crippen molar-refractivity contribution >= 4 is 35.8 Å². The van der Waals surface area contributed by atoms with Crippen molar-refractivity contribution in [1.29, 1.82) is 0 Å². The Morgan fingerprint density at radius 2 is 0.483 bits per heavy atom. The fourth-order valence-corrected chi connectivity index (χ4v) is 1.50. The lowest BCUT2D eigenvalue weighted by atomic mass is 10.1. The first-order chi connectivity index (χ1) is 13.4. The van der Waals surface area contributed by atoms with E-state index in [0.717, 1.165) is 0 Å².